The van der Waals surface area contributed by atoms with Crippen LogP contribution in [0.15, 0.2) is 23.1 Å². The Bertz CT molecular complexity index is 469. The van der Waals surface area contributed by atoms with Gasteiger partial charge in [0.1, 0.15) is 0 Å². The largest absolute Gasteiger partial charge is 0.389 e. The summed E-state index contributed by atoms with van der Waals surface area (Å²) in [6, 6.07) is 6.54. The highest BCUT2D eigenvalue weighted by Gasteiger charge is 2.28. The van der Waals surface area contributed by atoms with Crippen LogP contribution in [-0.2, 0) is 17.6 Å². The van der Waals surface area contributed by atoms with E-state index in [1.54, 1.807) is 16.7 Å². The smallest absolute Gasteiger partial charge is 0.233 e. The Morgan fingerprint density at radius 2 is 2.11 bits per heavy atom. The lowest BCUT2D eigenvalue weighted by atomic mass is 10.1. The van der Waals surface area contributed by atoms with E-state index in [1.807, 2.05) is 0 Å². The average molecular weight is 263 g/mol. The third-order valence-corrected chi connectivity index (χ3v) is 4.63. The number of benzene rings is 1. The summed E-state index contributed by atoms with van der Waals surface area (Å²) < 4.78 is 0. The van der Waals surface area contributed by atoms with Crippen LogP contribution in [0.25, 0.3) is 0 Å². The van der Waals surface area contributed by atoms with Crippen LogP contribution in [0.2, 0.25) is 0 Å². The quantitative estimate of drug-likeness (QED) is 0.840. The van der Waals surface area contributed by atoms with Gasteiger partial charge in [-0.1, -0.05) is 6.07 Å². The van der Waals surface area contributed by atoms with Crippen molar-refractivity contribution in [2.24, 2.45) is 0 Å². The van der Waals surface area contributed by atoms with E-state index in [1.165, 1.54) is 35.3 Å². The predicted octanol–water partition coefficient (Wildman–Crippen LogP) is 1.47. The molecule has 0 unspecified atom stereocenters. The number of rotatable bonds is 3. The molecule has 0 saturated carbocycles. The molecular weight excluding hydrogens is 246 g/mol. The maximum Gasteiger partial charge on any atom is 0.233 e. The number of likely N-dealkylation sites (tertiary alicyclic amines) is 1. The van der Waals surface area contributed by atoms with E-state index >= 15 is 0 Å². The number of hydrogen-bond donors (Lipinski definition) is 1. The minimum atomic E-state index is -0.307. The third kappa shape index (κ3) is 2.40. The first-order valence-corrected chi connectivity index (χ1v) is 7.41. The second-order valence-corrected chi connectivity index (χ2v) is 6.07. The van der Waals surface area contributed by atoms with Crippen molar-refractivity contribution in [3.8, 4) is 0 Å². The summed E-state index contributed by atoms with van der Waals surface area (Å²) in [5, 5.41) is 9.16. The van der Waals surface area contributed by atoms with E-state index in [-0.39, 0.29) is 12.0 Å². The number of nitrogens with zero attached hydrogens (tertiary/aromatic N) is 1. The molecule has 1 aliphatic carbocycles. The van der Waals surface area contributed by atoms with E-state index in [4.69, 9.17) is 5.11 Å². The molecule has 1 fully saturated rings. The molecule has 1 aromatic carbocycles. The molecule has 0 atom stereocenters. The number of hydrogen-bond acceptors (Lipinski definition) is 3. The maximum atomic E-state index is 11.8. The number of aliphatic hydroxyl groups excluding tert-OH is 1. The van der Waals surface area contributed by atoms with Crippen molar-refractivity contribution >= 4 is 17.7 Å². The zero-order valence-corrected chi connectivity index (χ0v) is 11.1. The van der Waals surface area contributed by atoms with Gasteiger partial charge in [0.2, 0.25) is 5.91 Å². The fourth-order valence-corrected chi connectivity index (χ4v) is 3.40. The van der Waals surface area contributed by atoms with Gasteiger partial charge in [-0.2, -0.15) is 0 Å². The van der Waals surface area contributed by atoms with E-state index in [0.717, 1.165) is 0 Å². The highest BCUT2D eigenvalue weighted by molar-refractivity contribution is 8.00. The molecule has 0 aromatic heterocycles. The number of carbonyl (C=O) groups excluding carboxylic acids is 1. The number of aryl methyl sites for hydroxylation is 2. The average Bonchev–Trinajstić information content (AvgIpc) is 2.79. The van der Waals surface area contributed by atoms with Crippen molar-refractivity contribution in [3.63, 3.8) is 0 Å². The fraction of sp³-hybridized carbons (Fsp3) is 0.500. The minimum Gasteiger partial charge on any atom is -0.389 e. The van der Waals surface area contributed by atoms with Crippen molar-refractivity contribution in [1.29, 1.82) is 0 Å². The molecule has 0 radical (unpaired) electrons. The molecule has 1 aliphatic heterocycles. The normalized spacial score (nSPS) is 18.6. The van der Waals surface area contributed by atoms with Gasteiger partial charge in [-0.15, -0.1) is 11.8 Å². The van der Waals surface area contributed by atoms with Gasteiger partial charge < -0.3 is 10.0 Å². The number of amides is 1. The summed E-state index contributed by atoms with van der Waals surface area (Å²) in [6.07, 6.45) is 3.33. The van der Waals surface area contributed by atoms with Crippen LogP contribution in [0.3, 0.4) is 0 Å². The Labute approximate surface area is 111 Å². The molecule has 4 heteroatoms. The van der Waals surface area contributed by atoms with Crippen LogP contribution < -0.4 is 0 Å². The van der Waals surface area contributed by atoms with Gasteiger partial charge in [-0.3, -0.25) is 4.79 Å². The summed E-state index contributed by atoms with van der Waals surface area (Å²) in [4.78, 5) is 14.7. The summed E-state index contributed by atoms with van der Waals surface area (Å²) in [6.45, 7) is 1.01. The fourth-order valence-electron chi connectivity index (χ4n) is 2.53. The third-order valence-electron chi connectivity index (χ3n) is 3.65. The molecule has 1 heterocycles. The van der Waals surface area contributed by atoms with Gasteiger partial charge in [0.15, 0.2) is 0 Å². The Balaban J connectivity index is 1.55. The van der Waals surface area contributed by atoms with E-state index in [2.05, 4.69) is 18.2 Å². The van der Waals surface area contributed by atoms with Crippen LogP contribution >= 0.6 is 11.8 Å². The number of carbonyl (C=O) groups is 1. The zero-order valence-electron chi connectivity index (χ0n) is 10.3. The first-order chi connectivity index (χ1) is 8.72. The number of thioether (sulfide) groups is 1. The molecule has 0 spiro atoms. The first kappa shape index (κ1) is 12.1. The lowest BCUT2D eigenvalue weighted by Gasteiger charge is -2.35. The lowest BCUT2D eigenvalue weighted by molar-refractivity contribution is -0.138. The molecular formula is C14H17NO2S. The molecule has 2 aliphatic rings. The Morgan fingerprint density at radius 1 is 1.33 bits per heavy atom. The van der Waals surface area contributed by atoms with Crippen LogP contribution in [0.1, 0.15) is 17.5 Å². The topological polar surface area (TPSA) is 40.5 Å². The molecule has 1 aromatic rings. The second-order valence-electron chi connectivity index (χ2n) is 5.03. The highest BCUT2D eigenvalue weighted by Crippen LogP contribution is 2.27. The van der Waals surface area contributed by atoms with Crippen molar-refractivity contribution in [2.45, 2.75) is 30.3 Å². The Hall–Kier alpha value is -1.00. The first-order valence-electron chi connectivity index (χ1n) is 6.43. The standard InChI is InChI=1S/C14H17NO2S/c16-12-7-15(8-12)14(17)9-18-13-5-4-10-2-1-3-11(10)6-13/h4-6,12,16H,1-3,7-9H2. The molecule has 1 amide bonds. The van der Waals surface area contributed by atoms with Gasteiger partial charge in [0, 0.05) is 18.0 Å². The monoisotopic (exact) mass is 263 g/mol. The molecule has 1 saturated heterocycles. The number of aliphatic hydroxyl groups is 1. The predicted molar refractivity (Wildman–Crippen MR) is 71.8 cm³/mol. The summed E-state index contributed by atoms with van der Waals surface area (Å²) >= 11 is 1.60. The SMILES string of the molecule is O=C(CSc1ccc2c(c1)CCC2)N1CC(O)C1. The number of fused-ring (bicyclic) bond motifs is 1. The number of β-amino-alcohol motifs (C(OH)–C–C–N with tert-alkyl or cyclic N) is 1. The molecule has 3 nitrogen and oxygen atoms in total. The van der Waals surface area contributed by atoms with Crippen molar-refractivity contribution in [1.82, 2.24) is 4.90 Å². The molecule has 1 N–H and O–H groups in total. The molecule has 0 bridgehead atoms. The summed E-state index contributed by atoms with van der Waals surface area (Å²) in [5.74, 6) is 0.608. The lowest BCUT2D eigenvalue weighted by Crippen LogP contribution is -2.54. The van der Waals surface area contributed by atoms with Crippen LogP contribution in [0, 0.1) is 0 Å². The van der Waals surface area contributed by atoms with Crippen LogP contribution in [-0.4, -0.2) is 40.9 Å². The van der Waals surface area contributed by atoms with Crippen LogP contribution in [0.4, 0.5) is 0 Å². The summed E-state index contributed by atoms with van der Waals surface area (Å²) in [7, 11) is 0. The van der Waals surface area contributed by atoms with Crippen molar-refractivity contribution < 1.29 is 9.90 Å². The highest BCUT2D eigenvalue weighted by atomic mass is 32.2. The minimum absolute atomic E-state index is 0.130. The van der Waals surface area contributed by atoms with Gasteiger partial charge in [0.25, 0.3) is 0 Å². The second kappa shape index (κ2) is 4.94. The van der Waals surface area contributed by atoms with Gasteiger partial charge >= 0.3 is 0 Å². The van der Waals surface area contributed by atoms with Crippen molar-refractivity contribution in [3.05, 3.63) is 29.3 Å². The van der Waals surface area contributed by atoms with E-state index < -0.39 is 0 Å². The van der Waals surface area contributed by atoms with Gasteiger partial charge in [0.05, 0.1) is 11.9 Å². The molecule has 3 rings (SSSR count). The van der Waals surface area contributed by atoms with E-state index in [0.29, 0.717) is 18.8 Å². The Morgan fingerprint density at radius 3 is 2.89 bits per heavy atom. The van der Waals surface area contributed by atoms with Gasteiger partial charge in [-0.05, 0) is 42.5 Å². The zero-order chi connectivity index (χ0) is 12.5. The summed E-state index contributed by atoms with van der Waals surface area (Å²) in [5.41, 5.74) is 2.92. The molecule has 18 heavy (non-hydrogen) atoms. The Kier molecular flexibility index (Phi) is 3.31. The molecule has 96 valence electrons. The van der Waals surface area contributed by atoms with Gasteiger partial charge in [-0.25, -0.2) is 0 Å². The maximum absolute atomic E-state index is 11.8. The van der Waals surface area contributed by atoms with Crippen LogP contribution in [0.5, 0.6) is 0 Å². The van der Waals surface area contributed by atoms with E-state index in [9.17, 15) is 4.79 Å². The van der Waals surface area contributed by atoms with Crippen molar-refractivity contribution in [2.75, 3.05) is 18.8 Å².